The fourth-order valence-electron chi connectivity index (χ4n) is 4.04. The van der Waals surface area contributed by atoms with Crippen LogP contribution in [-0.2, 0) is 22.7 Å². The smallest absolute Gasteiger partial charge is 0.406 e. The van der Waals surface area contributed by atoms with E-state index < -0.39 is 18.0 Å². The average molecular weight is 450 g/mol. The van der Waals surface area contributed by atoms with Crippen molar-refractivity contribution in [1.82, 2.24) is 0 Å². The van der Waals surface area contributed by atoms with E-state index in [2.05, 4.69) is 15.2 Å². The number of anilines is 1. The molecule has 0 saturated heterocycles. The number of hydrogen-bond acceptors (Lipinski definition) is 4. The Morgan fingerprint density at radius 2 is 1.70 bits per heavy atom. The molecule has 0 spiro atoms. The first-order chi connectivity index (χ1) is 15.9. The predicted octanol–water partition coefficient (Wildman–Crippen LogP) is 5.47. The quantitative estimate of drug-likeness (QED) is 0.424. The number of hydrogen-bond donors (Lipinski definition) is 1. The molecule has 166 valence electrons. The summed E-state index contributed by atoms with van der Waals surface area (Å²) in [5, 5.41) is 7.06. The van der Waals surface area contributed by atoms with Gasteiger partial charge in [0, 0.05) is 23.2 Å². The molecule has 0 saturated carbocycles. The number of carbonyl (C=O) groups excluding carboxylic acids is 1. The van der Waals surface area contributed by atoms with Crippen LogP contribution in [0.15, 0.2) is 83.5 Å². The second kappa shape index (κ2) is 8.12. The number of amides is 1. The molecular formula is C25H17F3N2O3. The molecule has 0 fully saturated rings. The number of allylic oxidation sites excluding steroid dienone is 1. The van der Waals surface area contributed by atoms with Crippen LogP contribution in [-0.4, -0.2) is 18.0 Å². The van der Waals surface area contributed by atoms with E-state index in [0.29, 0.717) is 29.0 Å². The van der Waals surface area contributed by atoms with E-state index in [4.69, 9.17) is 4.84 Å². The van der Waals surface area contributed by atoms with Crippen molar-refractivity contribution in [2.75, 3.05) is 5.32 Å². The van der Waals surface area contributed by atoms with Crippen LogP contribution >= 0.6 is 0 Å². The van der Waals surface area contributed by atoms with Gasteiger partial charge in [0.05, 0.1) is 5.57 Å². The second-order valence-electron chi connectivity index (χ2n) is 7.60. The van der Waals surface area contributed by atoms with Crippen molar-refractivity contribution in [2.24, 2.45) is 5.16 Å². The average Bonchev–Trinajstić information content (AvgIpc) is 3.29. The van der Waals surface area contributed by atoms with Gasteiger partial charge in [0.1, 0.15) is 18.1 Å². The Labute approximate surface area is 187 Å². The van der Waals surface area contributed by atoms with E-state index in [1.54, 1.807) is 0 Å². The highest BCUT2D eigenvalue weighted by Gasteiger charge is 2.36. The molecule has 1 heterocycles. The van der Waals surface area contributed by atoms with Gasteiger partial charge in [0.15, 0.2) is 0 Å². The zero-order valence-corrected chi connectivity index (χ0v) is 17.1. The molecule has 0 atom stereocenters. The number of nitrogens with zero attached hydrogens (tertiary/aromatic N) is 1. The summed E-state index contributed by atoms with van der Waals surface area (Å²) < 4.78 is 42.3. The summed E-state index contributed by atoms with van der Waals surface area (Å²) in [5.74, 6) is -0.807. The highest BCUT2D eigenvalue weighted by atomic mass is 19.4. The first kappa shape index (κ1) is 20.8. The summed E-state index contributed by atoms with van der Waals surface area (Å²) in [6.07, 6.45) is -4.44. The molecule has 0 unspecified atom stereocenters. The fraction of sp³-hybridized carbons (Fsp3) is 0.120. The molecule has 8 heteroatoms. The number of fused-ring (bicyclic) bond motifs is 2. The molecule has 33 heavy (non-hydrogen) atoms. The minimum Gasteiger partial charge on any atom is -0.406 e. The number of oxime groups is 1. The number of rotatable bonds is 4. The summed E-state index contributed by atoms with van der Waals surface area (Å²) >= 11 is 0. The van der Waals surface area contributed by atoms with E-state index in [1.807, 2.05) is 54.6 Å². The third-order valence-corrected chi connectivity index (χ3v) is 5.43. The Kier molecular flexibility index (Phi) is 5.12. The molecule has 0 radical (unpaired) electrons. The number of carbonyl (C=O) groups is 1. The van der Waals surface area contributed by atoms with Gasteiger partial charge in [-0.15, -0.1) is 13.2 Å². The molecule has 2 aliphatic rings. The van der Waals surface area contributed by atoms with Gasteiger partial charge in [0.25, 0.3) is 5.91 Å². The Hall–Kier alpha value is -4.07. The number of alkyl halides is 3. The second-order valence-corrected chi connectivity index (χ2v) is 7.60. The van der Waals surface area contributed by atoms with E-state index in [0.717, 1.165) is 16.7 Å². The molecule has 0 bridgehead atoms. The lowest BCUT2D eigenvalue weighted by atomic mass is 9.98. The van der Waals surface area contributed by atoms with Crippen LogP contribution in [0, 0.1) is 0 Å². The van der Waals surface area contributed by atoms with E-state index in [9.17, 15) is 18.0 Å². The highest BCUT2D eigenvalue weighted by Crippen LogP contribution is 2.41. The molecule has 5 rings (SSSR count). The fourth-order valence-corrected chi connectivity index (χ4v) is 4.04. The molecule has 3 aromatic carbocycles. The first-order valence-electron chi connectivity index (χ1n) is 10.2. The molecule has 1 N–H and O–H groups in total. The lowest BCUT2D eigenvalue weighted by Gasteiger charge is -2.11. The van der Waals surface area contributed by atoms with E-state index in [1.165, 1.54) is 18.2 Å². The number of benzene rings is 3. The molecular weight excluding hydrogens is 433 g/mol. The summed E-state index contributed by atoms with van der Waals surface area (Å²) in [7, 11) is 0. The van der Waals surface area contributed by atoms with Crippen molar-refractivity contribution in [2.45, 2.75) is 19.4 Å². The van der Waals surface area contributed by atoms with Crippen LogP contribution in [0.3, 0.4) is 0 Å². The van der Waals surface area contributed by atoms with Crippen LogP contribution in [0.25, 0.3) is 5.57 Å². The summed E-state index contributed by atoms with van der Waals surface area (Å²) in [6, 6.07) is 20.8. The Bertz CT molecular complexity index is 1300. The summed E-state index contributed by atoms with van der Waals surface area (Å²) in [5.41, 5.74) is 4.78. The number of halogens is 3. The van der Waals surface area contributed by atoms with Crippen molar-refractivity contribution in [1.29, 1.82) is 0 Å². The van der Waals surface area contributed by atoms with Gasteiger partial charge in [-0.2, -0.15) is 0 Å². The van der Waals surface area contributed by atoms with Crippen LogP contribution in [0.2, 0.25) is 0 Å². The zero-order chi connectivity index (χ0) is 23.0. The van der Waals surface area contributed by atoms with Crippen molar-refractivity contribution in [3.63, 3.8) is 0 Å². The van der Waals surface area contributed by atoms with Crippen molar-refractivity contribution in [3.05, 3.63) is 101 Å². The number of nitrogens with one attached hydrogen (secondary N) is 1. The number of ether oxygens (including phenoxy) is 1. The lowest BCUT2D eigenvalue weighted by Crippen LogP contribution is -2.17. The van der Waals surface area contributed by atoms with Gasteiger partial charge >= 0.3 is 6.36 Å². The SMILES string of the molecule is O=C1Nc2ccc(OC(F)(F)F)cc2/C1=C1/Cc2ccccc2/C1=N\OCc1ccccc1. The van der Waals surface area contributed by atoms with Crippen molar-refractivity contribution < 1.29 is 27.5 Å². The predicted molar refractivity (Wildman–Crippen MR) is 117 cm³/mol. The van der Waals surface area contributed by atoms with Gasteiger partial charge in [-0.25, -0.2) is 0 Å². The van der Waals surface area contributed by atoms with E-state index in [-0.39, 0.29) is 12.2 Å². The van der Waals surface area contributed by atoms with Gasteiger partial charge in [-0.05, 0) is 34.9 Å². The molecule has 0 aromatic heterocycles. The Morgan fingerprint density at radius 3 is 2.48 bits per heavy atom. The van der Waals surface area contributed by atoms with Crippen molar-refractivity contribution >= 4 is 22.9 Å². The summed E-state index contributed by atoms with van der Waals surface area (Å²) in [6.45, 7) is 0.238. The van der Waals surface area contributed by atoms with Crippen molar-refractivity contribution in [3.8, 4) is 5.75 Å². The normalized spacial score (nSPS) is 18.2. The highest BCUT2D eigenvalue weighted by molar-refractivity contribution is 6.38. The van der Waals surface area contributed by atoms with Crippen LogP contribution in [0.4, 0.5) is 18.9 Å². The Balaban J connectivity index is 1.57. The maximum absolute atomic E-state index is 12.9. The zero-order valence-electron chi connectivity index (χ0n) is 17.1. The standard InChI is InChI=1S/C25H17F3N2O3/c26-25(27,28)33-17-10-11-21-19(13-17)22(24(31)29-21)20-12-16-8-4-5-9-18(16)23(20)30-32-14-15-6-2-1-3-7-15/h1-11,13H,12,14H2,(H,29,31)/b22-20+,30-23+. The van der Waals surface area contributed by atoms with Crippen LogP contribution < -0.4 is 10.1 Å². The van der Waals surface area contributed by atoms with Gasteiger partial charge in [-0.3, -0.25) is 4.79 Å². The van der Waals surface area contributed by atoms with Gasteiger partial charge in [0.2, 0.25) is 0 Å². The monoisotopic (exact) mass is 450 g/mol. The molecule has 1 aliphatic carbocycles. The molecule has 3 aromatic rings. The van der Waals surface area contributed by atoms with E-state index >= 15 is 0 Å². The third kappa shape index (κ3) is 4.19. The molecule has 1 amide bonds. The van der Waals surface area contributed by atoms with Gasteiger partial charge < -0.3 is 14.9 Å². The van der Waals surface area contributed by atoms with Crippen LogP contribution in [0.5, 0.6) is 5.75 Å². The maximum Gasteiger partial charge on any atom is 0.573 e. The van der Waals surface area contributed by atoms with Gasteiger partial charge in [-0.1, -0.05) is 59.8 Å². The Morgan fingerprint density at radius 1 is 0.939 bits per heavy atom. The maximum atomic E-state index is 12.9. The first-order valence-corrected chi connectivity index (χ1v) is 10.2. The topological polar surface area (TPSA) is 59.9 Å². The third-order valence-electron chi connectivity index (χ3n) is 5.43. The minimum absolute atomic E-state index is 0.238. The minimum atomic E-state index is -4.83. The summed E-state index contributed by atoms with van der Waals surface area (Å²) in [4.78, 5) is 18.5. The largest absolute Gasteiger partial charge is 0.573 e. The molecule has 1 aliphatic heterocycles. The lowest BCUT2D eigenvalue weighted by molar-refractivity contribution is -0.274. The van der Waals surface area contributed by atoms with Crippen LogP contribution in [0.1, 0.15) is 22.3 Å². The molecule has 5 nitrogen and oxygen atoms in total.